The second-order valence-corrected chi connectivity index (χ2v) is 7.07. The molecule has 1 N–H and O–H groups in total. The molecule has 0 bridgehead atoms. The highest BCUT2D eigenvalue weighted by atomic mass is 32.1. The molecule has 0 aromatic heterocycles. The number of thiol groups is 1. The molecule has 2 rings (SSSR count). The summed E-state index contributed by atoms with van der Waals surface area (Å²) in [5.74, 6) is 1.000. The summed E-state index contributed by atoms with van der Waals surface area (Å²) in [5, 5.41) is 3.18. The number of rotatable bonds is 7. The Labute approximate surface area is 127 Å². The molecule has 110 valence electrons. The van der Waals surface area contributed by atoms with E-state index in [1.165, 1.54) is 5.56 Å². The molecule has 1 aromatic carbocycles. The maximum atomic E-state index is 12.1. The molecule has 1 fully saturated rings. The van der Waals surface area contributed by atoms with Crippen LogP contribution in [-0.4, -0.2) is 17.2 Å². The molecule has 1 aliphatic carbocycles. The van der Waals surface area contributed by atoms with Crippen molar-refractivity contribution in [1.82, 2.24) is 5.32 Å². The van der Waals surface area contributed by atoms with Crippen LogP contribution in [0.5, 0.6) is 0 Å². The molecule has 1 saturated carbocycles. The predicted molar refractivity (Wildman–Crippen MR) is 87.1 cm³/mol. The molecule has 0 radical (unpaired) electrons. The molecule has 1 amide bonds. The Kier molecular flexibility index (Phi) is 4.79. The summed E-state index contributed by atoms with van der Waals surface area (Å²) < 4.78 is 0. The highest BCUT2D eigenvalue weighted by molar-refractivity contribution is 7.80. The molecule has 0 spiro atoms. The van der Waals surface area contributed by atoms with Gasteiger partial charge < -0.3 is 5.32 Å². The molecule has 0 saturated heterocycles. The third-order valence-corrected chi connectivity index (χ3v) is 4.86. The number of carbonyl (C=O) groups excluding carboxylic acids is 1. The highest BCUT2D eigenvalue weighted by Gasteiger charge is 2.43. The summed E-state index contributed by atoms with van der Waals surface area (Å²) in [5.41, 5.74) is 1.37. The summed E-state index contributed by atoms with van der Waals surface area (Å²) in [7, 11) is 0. The van der Waals surface area contributed by atoms with Crippen LogP contribution in [0.25, 0.3) is 0 Å². The van der Waals surface area contributed by atoms with Crippen LogP contribution in [0.2, 0.25) is 0 Å². The van der Waals surface area contributed by atoms with Gasteiger partial charge in [0.2, 0.25) is 5.91 Å². The standard InChI is InChI=1S/C17H25NOS/c1-16(2,9-8-14-6-4-3-5-7-14)18-15(19)12-17(13-20)10-11-17/h3-7,20H,8-13H2,1-2H3,(H,18,19). The Hall–Kier alpha value is -0.960. The Balaban J connectivity index is 1.79. The second-order valence-electron chi connectivity index (χ2n) is 6.75. The van der Waals surface area contributed by atoms with Gasteiger partial charge >= 0.3 is 0 Å². The van der Waals surface area contributed by atoms with Crippen molar-refractivity contribution in [2.75, 3.05) is 5.75 Å². The van der Waals surface area contributed by atoms with Gasteiger partial charge in [-0.05, 0) is 56.3 Å². The number of benzene rings is 1. The zero-order chi connectivity index (χ0) is 14.6. The van der Waals surface area contributed by atoms with Crippen molar-refractivity contribution in [3.05, 3.63) is 35.9 Å². The summed E-state index contributed by atoms with van der Waals surface area (Å²) in [6.45, 7) is 4.21. The van der Waals surface area contributed by atoms with E-state index in [1.54, 1.807) is 0 Å². The maximum absolute atomic E-state index is 12.1. The topological polar surface area (TPSA) is 29.1 Å². The molecule has 20 heavy (non-hydrogen) atoms. The monoisotopic (exact) mass is 291 g/mol. The Morgan fingerprint density at radius 2 is 1.95 bits per heavy atom. The van der Waals surface area contributed by atoms with Gasteiger partial charge in [0, 0.05) is 12.0 Å². The maximum Gasteiger partial charge on any atom is 0.220 e. The van der Waals surface area contributed by atoms with Crippen LogP contribution in [0.15, 0.2) is 30.3 Å². The van der Waals surface area contributed by atoms with E-state index in [1.807, 2.05) is 6.07 Å². The fourth-order valence-electron chi connectivity index (χ4n) is 2.49. The van der Waals surface area contributed by atoms with Gasteiger partial charge in [0.05, 0.1) is 0 Å². The number of aryl methyl sites for hydroxylation is 1. The van der Waals surface area contributed by atoms with Crippen molar-refractivity contribution in [3.8, 4) is 0 Å². The summed E-state index contributed by atoms with van der Waals surface area (Å²) in [6, 6.07) is 10.4. The van der Waals surface area contributed by atoms with Crippen LogP contribution in [0, 0.1) is 5.41 Å². The summed E-state index contributed by atoms with van der Waals surface area (Å²) in [6.07, 6.45) is 4.87. The lowest BCUT2D eigenvalue weighted by atomic mass is 9.94. The minimum absolute atomic E-state index is 0.153. The van der Waals surface area contributed by atoms with Gasteiger partial charge in [-0.1, -0.05) is 30.3 Å². The molecule has 1 aromatic rings. The van der Waals surface area contributed by atoms with E-state index >= 15 is 0 Å². The van der Waals surface area contributed by atoms with Gasteiger partial charge in [0.25, 0.3) is 0 Å². The minimum Gasteiger partial charge on any atom is -0.351 e. The zero-order valence-electron chi connectivity index (χ0n) is 12.5. The van der Waals surface area contributed by atoms with Gasteiger partial charge in [-0.15, -0.1) is 0 Å². The van der Waals surface area contributed by atoms with Crippen LogP contribution in [0.4, 0.5) is 0 Å². The molecule has 0 aliphatic heterocycles. The lowest BCUT2D eigenvalue weighted by Gasteiger charge is -2.27. The average molecular weight is 291 g/mol. The fraction of sp³-hybridized carbons (Fsp3) is 0.588. The van der Waals surface area contributed by atoms with Crippen LogP contribution in [-0.2, 0) is 11.2 Å². The molecule has 0 atom stereocenters. The van der Waals surface area contributed by atoms with Gasteiger partial charge in [0.1, 0.15) is 0 Å². The number of nitrogens with one attached hydrogen (secondary N) is 1. The first kappa shape index (κ1) is 15.4. The van der Waals surface area contributed by atoms with E-state index in [-0.39, 0.29) is 16.9 Å². The van der Waals surface area contributed by atoms with Crippen molar-refractivity contribution in [2.24, 2.45) is 5.41 Å². The normalized spacial score (nSPS) is 16.8. The molecule has 1 aliphatic rings. The molecule has 3 heteroatoms. The number of carbonyl (C=O) groups is 1. The summed E-state index contributed by atoms with van der Waals surface area (Å²) in [4.78, 5) is 12.1. The molecule has 0 unspecified atom stereocenters. The highest BCUT2D eigenvalue weighted by Crippen LogP contribution is 2.49. The second kappa shape index (κ2) is 6.21. The molecular weight excluding hydrogens is 266 g/mol. The smallest absolute Gasteiger partial charge is 0.220 e. The Morgan fingerprint density at radius 3 is 2.50 bits per heavy atom. The predicted octanol–water partition coefficient (Wildman–Crippen LogP) is 3.61. The van der Waals surface area contributed by atoms with Crippen LogP contribution >= 0.6 is 12.6 Å². The third-order valence-electron chi connectivity index (χ3n) is 4.19. The first-order chi connectivity index (χ1) is 9.45. The minimum atomic E-state index is -0.153. The zero-order valence-corrected chi connectivity index (χ0v) is 13.4. The first-order valence-corrected chi connectivity index (χ1v) is 8.04. The van der Waals surface area contributed by atoms with Gasteiger partial charge in [-0.2, -0.15) is 12.6 Å². The number of hydrogen-bond donors (Lipinski definition) is 2. The lowest BCUT2D eigenvalue weighted by molar-refractivity contribution is -0.123. The van der Waals surface area contributed by atoms with Crippen molar-refractivity contribution >= 4 is 18.5 Å². The molecule has 2 nitrogen and oxygen atoms in total. The van der Waals surface area contributed by atoms with E-state index in [2.05, 4.69) is 56.1 Å². The largest absolute Gasteiger partial charge is 0.351 e. The number of amides is 1. The molecular formula is C17H25NOS. The van der Waals surface area contributed by atoms with Crippen LogP contribution in [0.1, 0.15) is 45.1 Å². The lowest BCUT2D eigenvalue weighted by Crippen LogP contribution is -2.44. The fourth-order valence-corrected chi connectivity index (χ4v) is 2.92. The first-order valence-electron chi connectivity index (χ1n) is 7.41. The quantitative estimate of drug-likeness (QED) is 0.738. The van der Waals surface area contributed by atoms with Crippen molar-refractivity contribution < 1.29 is 4.79 Å². The average Bonchev–Trinajstić information content (AvgIpc) is 3.17. The van der Waals surface area contributed by atoms with Gasteiger partial charge in [-0.3, -0.25) is 4.79 Å². The van der Waals surface area contributed by atoms with Crippen LogP contribution in [0.3, 0.4) is 0 Å². The van der Waals surface area contributed by atoms with Gasteiger partial charge in [-0.25, -0.2) is 0 Å². The molecule has 0 heterocycles. The van der Waals surface area contributed by atoms with E-state index in [0.29, 0.717) is 6.42 Å². The van der Waals surface area contributed by atoms with E-state index < -0.39 is 0 Å². The van der Waals surface area contributed by atoms with Crippen LogP contribution < -0.4 is 5.32 Å². The van der Waals surface area contributed by atoms with Crippen molar-refractivity contribution in [1.29, 1.82) is 0 Å². The summed E-state index contributed by atoms with van der Waals surface area (Å²) >= 11 is 4.36. The third kappa shape index (κ3) is 4.55. The Bertz CT molecular complexity index is 451. The van der Waals surface area contributed by atoms with E-state index in [0.717, 1.165) is 31.4 Å². The SMILES string of the molecule is CC(C)(CCc1ccccc1)NC(=O)CC1(CS)CC1. The van der Waals surface area contributed by atoms with Gasteiger partial charge in [0.15, 0.2) is 0 Å². The number of hydrogen-bond acceptors (Lipinski definition) is 2. The van der Waals surface area contributed by atoms with Crippen molar-refractivity contribution in [3.63, 3.8) is 0 Å². The van der Waals surface area contributed by atoms with Crippen molar-refractivity contribution in [2.45, 2.75) is 51.5 Å². The van der Waals surface area contributed by atoms with E-state index in [4.69, 9.17) is 0 Å². The van der Waals surface area contributed by atoms with E-state index in [9.17, 15) is 4.79 Å². The Morgan fingerprint density at radius 1 is 1.30 bits per heavy atom.